The van der Waals surface area contributed by atoms with Gasteiger partial charge in [0.1, 0.15) is 5.75 Å². The van der Waals surface area contributed by atoms with Crippen molar-refractivity contribution in [2.75, 3.05) is 21.2 Å². The summed E-state index contributed by atoms with van der Waals surface area (Å²) in [5.41, 5.74) is 5.42. The Labute approximate surface area is 284 Å². The van der Waals surface area contributed by atoms with E-state index in [1.54, 1.807) is 13.2 Å². The lowest BCUT2D eigenvalue weighted by Crippen LogP contribution is -2.48. The van der Waals surface area contributed by atoms with Crippen molar-refractivity contribution >= 4 is 32.9 Å². The van der Waals surface area contributed by atoms with Crippen LogP contribution in [0.2, 0.25) is 0 Å². The zero-order valence-electron chi connectivity index (χ0n) is 28.5. The van der Waals surface area contributed by atoms with Crippen LogP contribution in [0.1, 0.15) is 117 Å². The molecule has 0 radical (unpaired) electrons. The van der Waals surface area contributed by atoms with E-state index in [0.717, 1.165) is 77.2 Å². The van der Waals surface area contributed by atoms with Crippen molar-refractivity contribution in [3.8, 4) is 17.0 Å². The first-order chi connectivity index (χ1) is 23.1. The van der Waals surface area contributed by atoms with Crippen molar-refractivity contribution in [1.29, 1.82) is 0 Å². The van der Waals surface area contributed by atoms with E-state index in [4.69, 9.17) is 4.74 Å². The van der Waals surface area contributed by atoms with Crippen molar-refractivity contribution in [2.24, 2.45) is 5.41 Å². The van der Waals surface area contributed by atoms with Crippen LogP contribution >= 0.6 is 0 Å². The first-order valence-electron chi connectivity index (χ1n) is 18.0. The summed E-state index contributed by atoms with van der Waals surface area (Å²) < 4.78 is 36.6. The molecule has 4 aliphatic carbocycles. The Morgan fingerprint density at radius 2 is 1.58 bits per heavy atom. The normalized spacial score (nSPS) is 24.4. The first kappa shape index (κ1) is 31.9. The Morgan fingerprint density at radius 3 is 2.25 bits per heavy atom. The van der Waals surface area contributed by atoms with E-state index in [1.165, 1.54) is 63.7 Å². The Hall–Kier alpha value is -3.37. The van der Waals surface area contributed by atoms with Gasteiger partial charge in [-0.15, -0.1) is 0 Å². The SMILES string of the molecule is COc1ccc2c(c1)C1CC1(C(=O)N(C1CCCCC1)C1CC1)Cn1c-2c(C2CCCCC2)c2ccc(C(=O)NS(=O)(=O)N(C)C)cc21. The summed E-state index contributed by atoms with van der Waals surface area (Å²) in [6.45, 7) is 0.545. The van der Waals surface area contributed by atoms with Crippen LogP contribution in [0, 0.1) is 5.41 Å². The number of methoxy groups -OCH3 is 1. The molecule has 9 nitrogen and oxygen atoms in total. The van der Waals surface area contributed by atoms with Crippen LogP contribution < -0.4 is 9.46 Å². The maximum absolute atomic E-state index is 15.2. The molecule has 256 valence electrons. The van der Waals surface area contributed by atoms with Crippen LogP contribution in [0.15, 0.2) is 36.4 Å². The van der Waals surface area contributed by atoms with Crippen LogP contribution in [0.5, 0.6) is 5.75 Å². The predicted molar refractivity (Wildman–Crippen MR) is 186 cm³/mol. The average Bonchev–Trinajstić information content (AvgIpc) is 4.02. The number of hydrogen-bond acceptors (Lipinski definition) is 5. The number of carbonyl (C=O) groups excluding carboxylic acids is 2. The van der Waals surface area contributed by atoms with Gasteiger partial charge in [-0.2, -0.15) is 12.7 Å². The molecule has 2 unspecified atom stereocenters. The molecule has 1 N–H and O–H groups in total. The van der Waals surface area contributed by atoms with E-state index in [0.29, 0.717) is 30.5 Å². The number of hydrogen-bond donors (Lipinski definition) is 1. The summed E-state index contributed by atoms with van der Waals surface area (Å²) in [7, 11) is 0.539. The molecular weight excluding hydrogens is 625 g/mol. The van der Waals surface area contributed by atoms with Crippen molar-refractivity contribution in [3.63, 3.8) is 0 Å². The molecule has 8 rings (SSSR count). The van der Waals surface area contributed by atoms with E-state index in [2.05, 4.69) is 26.3 Å². The van der Waals surface area contributed by atoms with Crippen molar-refractivity contribution in [1.82, 2.24) is 18.5 Å². The Kier molecular flexibility index (Phi) is 7.90. The summed E-state index contributed by atoms with van der Waals surface area (Å²) in [6, 6.07) is 12.7. The number of nitrogens with zero attached hydrogens (tertiary/aromatic N) is 3. The van der Waals surface area contributed by atoms with Crippen LogP contribution in [-0.2, 0) is 21.5 Å². The maximum Gasteiger partial charge on any atom is 0.303 e. The highest BCUT2D eigenvalue weighted by molar-refractivity contribution is 7.87. The lowest BCUT2D eigenvalue weighted by Gasteiger charge is -2.37. The zero-order valence-corrected chi connectivity index (χ0v) is 29.3. The molecular formula is C38H48N4O5S. The molecule has 48 heavy (non-hydrogen) atoms. The summed E-state index contributed by atoms with van der Waals surface area (Å²) >= 11 is 0. The van der Waals surface area contributed by atoms with Crippen molar-refractivity contribution < 1.29 is 22.7 Å². The third-order valence-electron chi connectivity index (χ3n) is 12.1. The van der Waals surface area contributed by atoms with Gasteiger partial charge in [0.25, 0.3) is 5.91 Å². The van der Waals surface area contributed by atoms with Crippen LogP contribution in [-0.4, -0.2) is 67.3 Å². The molecule has 10 heteroatoms. The van der Waals surface area contributed by atoms with Gasteiger partial charge in [-0.05, 0) is 92.3 Å². The molecule has 2 amide bonds. The minimum Gasteiger partial charge on any atom is -0.497 e. The van der Waals surface area contributed by atoms with Gasteiger partial charge in [-0.25, -0.2) is 4.72 Å². The molecule has 1 aromatic heterocycles. The number of amides is 2. The Bertz CT molecular complexity index is 1880. The van der Waals surface area contributed by atoms with Crippen molar-refractivity contribution in [3.05, 3.63) is 53.1 Å². The molecule has 4 saturated carbocycles. The maximum atomic E-state index is 15.2. The highest BCUT2D eigenvalue weighted by Crippen LogP contribution is 2.67. The standard InChI is InChI=1S/C38H48N4O5S/c1-40(2)48(45,46)39-36(43)25-14-18-30-33(20-25)41-23-38(37(44)42(27-15-16-27)26-12-8-5-9-13-26)22-32(38)31-21-28(47-3)17-19-29(31)35(41)34(30)24-10-6-4-7-11-24/h14,17-21,24,26-27,32H,4-13,15-16,22-23H2,1-3H3,(H,39,43). The number of ether oxygens (including phenoxy) is 1. The summed E-state index contributed by atoms with van der Waals surface area (Å²) in [5.74, 6) is 0.901. The molecule has 2 heterocycles. The number of benzene rings is 2. The van der Waals surface area contributed by atoms with Gasteiger partial charge in [0, 0.05) is 60.7 Å². The number of nitrogens with one attached hydrogen (secondary N) is 1. The second-order valence-electron chi connectivity index (χ2n) is 15.2. The van der Waals surface area contributed by atoms with Gasteiger partial charge in [-0.3, -0.25) is 9.59 Å². The summed E-state index contributed by atoms with van der Waals surface area (Å²) in [5, 5.41) is 1.10. The smallest absolute Gasteiger partial charge is 0.303 e. The quantitative estimate of drug-likeness (QED) is 0.287. The van der Waals surface area contributed by atoms with Crippen LogP contribution in [0.25, 0.3) is 22.2 Å². The largest absolute Gasteiger partial charge is 0.497 e. The van der Waals surface area contributed by atoms with Crippen LogP contribution in [0.3, 0.4) is 0 Å². The summed E-state index contributed by atoms with van der Waals surface area (Å²) in [6.07, 6.45) is 14.6. The predicted octanol–water partition coefficient (Wildman–Crippen LogP) is 6.71. The summed E-state index contributed by atoms with van der Waals surface area (Å²) in [4.78, 5) is 30.9. The molecule has 0 bridgehead atoms. The lowest BCUT2D eigenvalue weighted by atomic mass is 9.81. The number of carbonyl (C=O) groups is 2. The first-order valence-corrected chi connectivity index (χ1v) is 19.5. The van der Waals surface area contributed by atoms with Gasteiger partial charge in [0.2, 0.25) is 5.91 Å². The molecule has 4 fully saturated rings. The minimum absolute atomic E-state index is 0.0887. The lowest BCUT2D eigenvalue weighted by molar-refractivity contribution is -0.141. The van der Waals surface area contributed by atoms with Gasteiger partial charge < -0.3 is 14.2 Å². The Balaban J connectivity index is 1.32. The highest BCUT2D eigenvalue weighted by atomic mass is 32.2. The average molecular weight is 673 g/mol. The Morgan fingerprint density at radius 1 is 0.896 bits per heavy atom. The molecule has 5 aliphatic rings. The monoisotopic (exact) mass is 672 g/mol. The minimum atomic E-state index is -3.96. The van der Waals surface area contributed by atoms with E-state index in [-0.39, 0.29) is 11.5 Å². The number of rotatable bonds is 8. The van der Waals surface area contributed by atoms with Crippen LogP contribution in [0.4, 0.5) is 0 Å². The fourth-order valence-corrected chi connectivity index (χ4v) is 9.82. The molecule has 3 aromatic rings. The van der Waals surface area contributed by atoms with Gasteiger partial charge in [-0.1, -0.05) is 44.6 Å². The fourth-order valence-electron chi connectivity index (χ4n) is 9.29. The molecule has 0 spiro atoms. The second-order valence-corrected chi connectivity index (χ2v) is 17.1. The number of fused-ring (bicyclic) bond motifs is 7. The van der Waals surface area contributed by atoms with E-state index in [1.807, 2.05) is 18.2 Å². The molecule has 2 atom stereocenters. The van der Waals surface area contributed by atoms with Gasteiger partial charge >= 0.3 is 10.2 Å². The number of aromatic nitrogens is 1. The fraction of sp³-hybridized carbons (Fsp3) is 0.579. The highest BCUT2D eigenvalue weighted by Gasteiger charge is 2.65. The molecule has 1 aliphatic heterocycles. The second kappa shape index (κ2) is 11.9. The third-order valence-corrected chi connectivity index (χ3v) is 13.5. The van der Waals surface area contributed by atoms with Crippen molar-refractivity contribution in [2.45, 2.75) is 114 Å². The molecule has 2 aromatic carbocycles. The third kappa shape index (κ3) is 5.25. The van der Waals surface area contributed by atoms with E-state index < -0.39 is 21.5 Å². The molecule has 0 saturated heterocycles. The zero-order chi connectivity index (χ0) is 33.4. The van der Waals surface area contributed by atoms with E-state index in [9.17, 15) is 13.2 Å². The van der Waals surface area contributed by atoms with Gasteiger partial charge in [0.05, 0.1) is 18.2 Å². The topological polar surface area (TPSA) is 101 Å². The van der Waals surface area contributed by atoms with Gasteiger partial charge in [0.15, 0.2) is 0 Å². The van der Waals surface area contributed by atoms with E-state index >= 15 is 4.79 Å².